The second-order valence-corrected chi connectivity index (χ2v) is 6.15. The molecular weight excluding hydrogens is 238 g/mol. The van der Waals surface area contributed by atoms with Crippen LogP contribution in [0.5, 0.6) is 5.75 Å². The molecule has 92 valence electrons. The van der Waals surface area contributed by atoms with E-state index >= 15 is 0 Å². The van der Waals surface area contributed by atoms with Crippen molar-refractivity contribution in [1.82, 2.24) is 0 Å². The zero-order chi connectivity index (χ0) is 12.3. The Morgan fingerprint density at radius 2 is 2.06 bits per heavy atom. The molecule has 1 aliphatic rings. The van der Waals surface area contributed by atoms with Crippen molar-refractivity contribution < 1.29 is 13.2 Å². The van der Waals surface area contributed by atoms with Gasteiger partial charge in [0.2, 0.25) is 0 Å². The number of para-hydroxylation sites is 1. The molecule has 0 amide bonds. The fraction of sp³-hybridized carbons (Fsp3) is 0.333. The molecule has 2 N–H and O–H groups in total. The summed E-state index contributed by atoms with van der Waals surface area (Å²) in [6.07, 6.45) is 3.50. The largest absolute Gasteiger partial charge is 0.488 e. The van der Waals surface area contributed by atoms with Crippen molar-refractivity contribution in [2.75, 3.05) is 18.1 Å². The summed E-state index contributed by atoms with van der Waals surface area (Å²) < 4.78 is 27.7. The van der Waals surface area contributed by atoms with Gasteiger partial charge in [0.1, 0.15) is 11.9 Å². The van der Waals surface area contributed by atoms with Crippen LogP contribution in [0.2, 0.25) is 0 Å². The van der Waals surface area contributed by atoms with E-state index in [0.29, 0.717) is 12.3 Å². The van der Waals surface area contributed by atoms with Gasteiger partial charge in [0, 0.05) is 12.1 Å². The highest BCUT2D eigenvalue weighted by Crippen LogP contribution is 2.24. The zero-order valence-corrected chi connectivity index (χ0v) is 10.2. The Balaban J connectivity index is 2.08. The third-order valence-corrected chi connectivity index (χ3v) is 4.29. The molecular formula is C12H15NO3S. The van der Waals surface area contributed by atoms with Gasteiger partial charge in [-0.05, 0) is 6.07 Å². The summed E-state index contributed by atoms with van der Waals surface area (Å²) in [6, 6.07) is 7.51. The maximum Gasteiger partial charge on any atom is 0.157 e. The smallest absolute Gasteiger partial charge is 0.157 e. The molecule has 1 heterocycles. The van der Waals surface area contributed by atoms with Gasteiger partial charge >= 0.3 is 0 Å². The number of ether oxygens (including phenoxy) is 1. The molecule has 1 aromatic rings. The summed E-state index contributed by atoms with van der Waals surface area (Å²) >= 11 is 0. The van der Waals surface area contributed by atoms with E-state index in [0.717, 1.165) is 5.56 Å². The van der Waals surface area contributed by atoms with Crippen LogP contribution in [0.15, 0.2) is 30.3 Å². The molecule has 4 nitrogen and oxygen atoms in total. The van der Waals surface area contributed by atoms with E-state index in [1.807, 2.05) is 36.4 Å². The molecule has 2 rings (SSSR count). The Labute approximate surface area is 101 Å². The van der Waals surface area contributed by atoms with Gasteiger partial charge in [-0.1, -0.05) is 30.4 Å². The lowest BCUT2D eigenvalue weighted by Gasteiger charge is -2.27. The molecule has 0 bridgehead atoms. The van der Waals surface area contributed by atoms with E-state index in [2.05, 4.69) is 0 Å². The SMILES string of the molecule is NC/C=C/c1ccccc1OC1CS(=O)(=O)C1. The van der Waals surface area contributed by atoms with Gasteiger partial charge in [-0.2, -0.15) is 0 Å². The fourth-order valence-electron chi connectivity index (χ4n) is 1.69. The molecule has 0 unspecified atom stereocenters. The fourth-order valence-corrected chi connectivity index (χ4v) is 2.86. The summed E-state index contributed by atoms with van der Waals surface area (Å²) in [4.78, 5) is 0. The Morgan fingerprint density at radius 1 is 1.35 bits per heavy atom. The molecule has 0 spiro atoms. The summed E-state index contributed by atoms with van der Waals surface area (Å²) in [5, 5.41) is 0. The topological polar surface area (TPSA) is 69.4 Å². The van der Waals surface area contributed by atoms with E-state index in [9.17, 15) is 8.42 Å². The first kappa shape index (κ1) is 12.1. The third kappa shape index (κ3) is 3.08. The Morgan fingerprint density at radius 3 is 2.71 bits per heavy atom. The van der Waals surface area contributed by atoms with Crippen LogP contribution in [0, 0.1) is 0 Å². The van der Waals surface area contributed by atoms with Crippen LogP contribution in [0.3, 0.4) is 0 Å². The number of hydrogen-bond acceptors (Lipinski definition) is 4. The van der Waals surface area contributed by atoms with Crippen LogP contribution < -0.4 is 10.5 Å². The van der Waals surface area contributed by atoms with Gasteiger partial charge in [0.25, 0.3) is 0 Å². The minimum absolute atomic E-state index is 0.113. The normalized spacial score (nSPS) is 19.1. The first-order valence-electron chi connectivity index (χ1n) is 5.43. The number of hydrogen-bond donors (Lipinski definition) is 1. The highest BCUT2D eigenvalue weighted by Gasteiger charge is 2.35. The molecule has 17 heavy (non-hydrogen) atoms. The lowest BCUT2D eigenvalue weighted by molar-refractivity contribution is 0.230. The van der Waals surface area contributed by atoms with Crippen molar-refractivity contribution in [2.45, 2.75) is 6.10 Å². The first-order valence-corrected chi connectivity index (χ1v) is 7.25. The number of rotatable bonds is 4. The van der Waals surface area contributed by atoms with Gasteiger partial charge in [-0.15, -0.1) is 0 Å². The first-order chi connectivity index (χ1) is 8.11. The van der Waals surface area contributed by atoms with Gasteiger partial charge in [-0.3, -0.25) is 0 Å². The van der Waals surface area contributed by atoms with Gasteiger partial charge in [0.05, 0.1) is 11.5 Å². The van der Waals surface area contributed by atoms with Crippen LogP contribution in [0.1, 0.15) is 5.56 Å². The second-order valence-electron chi connectivity index (χ2n) is 3.99. The maximum atomic E-state index is 11.0. The Kier molecular flexibility index (Phi) is 3.49. The monoisotopic (exact) mass is 253 g/mol. The molecule has 1 saturated heterocycles. The number of nitrogens with two attached hydrogens (primary N) is 1. The Bertz CT molecular complexity index is 510. The Hall–Kier alpha value is -1.33. The molecule has 0 radical (unpaired) electrons. The standard InChI is InChI=1S/C12H15NO3S/c13-7-3-5-10-4-1-2-6-12(10)16-11-8-17(14,15)9-11/h1-6,11H,7-9,13H2/b5-3+. The van der Waals surface area contributed by atoms with Crippen LogP contribution in [0.25, 0.3) is 6.08 Å². The molecule has 1 fully saturated rings. The van der Waals surface area contributed by atoms with Crippen LogP contribution in [-0.2, 0) is 9.84 Å². The minimum atomic E-state index is -2.84. The minimum Gasteiger partial charge on any atom is -0.488 e. The highest BCUT2D eigenvalue weighted by molar-refractivity contribution is 7.92. The lowest BCUT2D eigenvalue weighted by atomic mass is 10.2. The highest BCUT2D eigenvalue weighted by atomic mass is 32.2. The number of benzene rings is 1. The van der Waals surface area contributed by atoms with Crippen molar-refractivity contribution in [3.8, 4) is 5.75 Å². The van der Waals surface area contributed by atoms with Crippen LogP contribution >= 0.6 is 0 Å². The van der Waals surface area contributed by atoms with E-state index in [1.54, 1.807) is 0 Å². The molecule has 1 aliphatic heterocycles. The maximum absolute atomic E-state index is 11.0. The molecule has 0 atom stereocenters. The summed E-state index contributed by atoms with van der Waals surface area (Å²) in [6.45, 7) is 0.464. The van der Waals surface area contributed by atoms with E-state index in [-0.39, 0.29) is 17.6 Å². The summed E-state index contributed by atoms with van der Waals surface area (Å²) in [5.41, 5.74) is 6.31. The van der Waals surface area contributed by atoms with Crippen LogP contribution in [-0.4, -0.2) is 32.6 Å². The van der Waals surface area contributed by atoms with Gasteiger partial charge in [-0.25, -0.2) is 8.42 Å². The van der Waals surface area contributed by atoms with E-state index in [4.69, 9.17) is 10.5 Å². The van der Waals surface area contributed by atoms with Crippen molar-refractivity contribution in [3.63, 3.8) is 0 Å². The predicted molar refractivity (Wildman–Crippen MR) is 67.6 cm³/mol. The van der Waals surface area contributed by atoms with Crippen molar-refractivity contribution in [1.29, 1.82) is 0 Å². The van der Waals surface area contributed by atoms with Crippen molar-refractivity contribution >= 4 is 15.9 Å². The quantitative estimate of drug-likeness (QED) is 0.863. The van der Waals surface area contributed by atoms with Gasteiger partial charge < -0.3 is 10.5 Å². The molecule has 0 saturated carbocycles. The van der Waals surface area contributed by atoms with Crippen molar-refractivity contribution in [2.24, 2.45) is 5.73 Å². The summed E-state index contributed by atoms with van der Waals surface area (Å²) in [7, 11) is -2.84. The lowest BCUT2D eigenvalue weighted by Crippen LogP contribution is -2.45. The predicted octanol–water partition coefficient (Wildman–Crippen LogP) is 0.834. The average molecular weight is 253 g/mol. The molecule has 0 aromatic heterocycles. The average Bonchev–Trinajstić information content (AvgIpc) is 2.25. The van der Waals surface area contributed by atoms with Crippen molar-refractivity contribution in [3.05, 3.63) is 35.9 Å². The van der Waals surface area contributed by atoms with E-state index < -0.39 is 9.84 Å². The molecule has 1 aromatic carbocycles. The van der Waals surface area contributed by atoms with Crippen LogP contribution in [0.4, 0.5) is 0 Å². The van der Waals surface area contributed by atoms with Gasteiger partial charge in [0.15, 0.2) is 9.84 Å². The third-order valence-electron chi connectivity index (χ3n) is 2.53. The second kappa shape index (κ2) is 4.89. The molecule has 0 aliphatic carbocycles. The zero-order valence-electron chi connectivity index (χ0n) is 9.37. The molecule has 5 heteroatoms. The number of sulfone groups is 1. The van der Waals surface area contributed by atoms with E-state index in [1.165, 1.54) is 0 Å². The summed E-state index contributed by atoms with van der Waals surface area (Å²) in [5.74, 6) is 0.932.